The van der Waals surface area contributed by atoms with Crippen LogP contribution in [-0.4, -0.2) is 38.1 Å². The van der Waals surface area contributed by atoms with E-state index in [4.69, 9.17) is 4.74 Å². The molecule has 0 aromatic heterocycles. The maximum atomic E-state index is 13.6. The SMILES string of the molecule is CCN(Cc1ccc(OC)c(F)c1)C(=O)CCNC. The molecule has 0 fully saturated rings. The highest BCUT2D eigenvalue weighted by Crippen LogP contribution is 2.18. The number of halogens is 1. The Morgan fingerprint density at radius 3 is 2.74 bits per heavy atom. The van der Waals surface area contributed by atoms with Crippen molar-refractivity contribution in [3.8, 4) is 5.75 Å². The lowest BCUT2D eigenvalue weighted by Crippen LogP contribution is -2.32. The van der Waals surface area contributed by atoms with Gasteiger partial charge in [0.15, 0.2) is 11.6 Å². The molecule has 1 N–H and O–H groups in total. The average molecular weight is 268 g/mol. The molecule has 0 unspecified atom stereocenters. The lowest BCUT2D eigenvalue weighted by Gasteiger charge is -2.21. The predicted molar refractivity (Wildman–Crippen MR) is 72.6 cm³/mol. The van der Waals surface area contributed by atoms with Gasteiger partial charge in [0.1, 0.15) is 0 Å². The zero-order valence-electron chi connectivity index (χ0n) is 11.7. The van der Waals surface area contributed by atoms with Gasteiger partial charge in [-0.25, -0.2) is 4.39 Å². The first-order valence-corrected chi connectivity index (χ1v) is 6.37. The molecule has 0 saturated carbocycles. The summed E-state index contributed by atoms with van der Waals surface area (Å²) in [4.78, 5) is 13.6. The van der Waals surface area contributed by atoms with Crippen LogP contribution in [0, 0.1) is 5.82 Å². The Morgan fingerprint density at radius 1 is 1.47 bits per heavy atom. The van der Waals surface area contributed by atoms with Gasteiger partial charge < -0.3 is 15.0 Å². The Labute approximate surface area is 113 Å². The summed E-state index contributed by atoms with van der Waals surface area (Å²) in [7, 11) is 3.24. The molecule has 5 heteroatoms. The van der Waals surface area contributed by atoms with Gasteiger partial charge in [0.25, 0.3) is 0 Å². The molecule has 0 spiro atoms. The Hall–Kier alpha value is -1.62. The number of carbonyl (C=O) groups excluding carboxylic acids is 1. The van der Waals surface area contributed by atoms with Crippen molar-refractivity contribution in [1.82, 2.24) is 10.2 Å². The second-order valence-corrected chi connectivity index (χ2v) is 4.23. The minimum atomic E-state index is -0.404. The molecule has 0 aliphatic rings. The van der Waals surface area contributed by atoms with E-state index in [-0.39, 0.29) is 11.7 Å². The van der Waals surface area contributed by atoms with Gasteiger partial charge >= 0.3 is 0 Å². The molecule has 1 aromatic carbocycles. The lowest BCUT2D eigenvalue weighted by molar-refractivity contribution is -0.131. The third kappa shape index (κ3) is 4.52. The number of carbonyl (C=O) groups is 1. The van der Waals surface area contributed by atoms with Crippen molar-refractivity contribution in [3.63, 3.8) is 0 Å². The van der Waals surface area contributed by atoms with Crippen LogP contribution in [-0.2, 0) is 11.3 Å². The number of benzene rings is 1. The molecule has 1 aromatic rings. The van der Waals surface area contributed by atoms with E-state index in [1.54, 1.807) is 17.0 Å². The summed E-state index contributed by atoms with van der Waals surface area (Å²) in [5.74, 6) is -0.125. The number of ether oxygens (including phenoxy) is 1. The maximum Gasteiger partial charge on any atom is 0.224 e. The first kappa shape index (κ1) is 15.4. The zero-order valence-corrected chi connectivity index (χ0v) is 11.7. The van der Waals surface area contributed by atoms with Gasteiger partial charge in [0.05, 0.1) is 7.11 Å². The van der Waals surface area contributed by atoms with Crippen LogP contribution in [0.2, 0.25) is 0 Å². The summed E-state index contributed by atoms with van der Waals surface area (Å²) in [6, 6.07) is 4.76. The van der Waals surface area contributed by atoms with E-state index in [0.29, 0.717) is 26.1 Å². The molecule has 1 amide bonds. The molecule has 0 bridgehead atoms. The quantitative estimate of drug-likeness (QED) is 0.820. The number of rotatable bonds is 7. The molecule has 0 heterocycles. The fourth-order valence-corrected chi connectivity index (χ4v) is 1.80. The number of methoxy groups -OCH3 is 1. The monoisotopic (exact) mass is 268 g/mol. The van der Waals surface area contributed by atoms with Gasteiger partial charge in [0, 0.05) is 26.1 Å². The normalized spacial score (nSPS) is 10.3. The average Bonchev–Trinajstić information content (AvgIpc) is 2.42. The summed E-state index contributed by atoms with van der Waals surface area (Å²) < 4.78 is 18.4. The van der Waals surface area contributed by atoms with Crippen LogP contribution >= 0.6 is 0 Å². The Kier molecular flexibility index (Phi) is 6.29. The molecular formula is C14H21FN2O2. The van der Waals surface area contributed by atoms with Crippen LogP contribution in [0.25, 0.3) is 0 Å². The topological polar surface area (TPSA) is 41.6 Å². The van der Waals surface area contributed by atoms with E-state index in [1.165, 1.54) is 13.2 Å². The highest BCUT2D eigenvalue weighted by atomic mass is 19.1. The van der Waals surface area contributed by atoms with Crippen LogP contribution in [0.4, 0.5) is 4.39 Å². The van der Waals surface area contributed by atoms with Gasteiger partial charge in [-0.3, -0.25) is 4.79 Å². The third-order valence-corrected chi connectivity index (χ3v) is 2.91. The Bertz CT molecular complexity index is 424. The van der Waals surface area contributed by atoms with Gasteiger partial charge in [-0.05, 0) is 31.7 Å². The minimum Gasteiger partial charge on any atom is -0.494 e. The van der Waals surface area contributed by atoms with Crippen molar-refractivity contribution < 1.29 is 13.9 Å². The number of hydrogen-bond donors (Lipinski definition) is 1. The van der Waals surface area contributed by atoms with E-state index in [2.05, 4.69) is 5.32 Å². The smallest absolute Gasteiger partial charge is 0.224 e. The molecule has 0 radical (unpaired) electrons. The van der Waals surface area contributed by atoms with Crippen molar-refractivity contribution in [3.05, 3.63) is 29.6 Å². The largest absolute Gasteiger partial charge is 0.494 e. The number of nitrogens with zero attached hydrogens (tertiary/aromatic N) is 1. The molecule has 0 atom stereocenters. The van der Waals surface area contributed by atoms with E-state index in [0.717, 1.165) is 5.56 Å². The molecule has 0 aliphatic carbocycles. The maximum absolute atomic E-state index is 13.6. The van der Waals surface area contributed by atoms with Crippen LogP contribution in [0.15, 0.2) is 18.2 Å². The van der Waals surface area contributed by atoms with Crippen LogP contribution in [0.5, 0.6) is 5.75 Å². The summed E-state index contributed by atoms with van der Waals surface area (Å²) >= 11 is 0. The van der Waals surface area contributed by atoms with Crippen molar-refractivity contribution >= 4 is 5.91 Å². The number of amides is 1. The Balaban J connectivity index is 2.70. The van der Waals surface area contributed by atoms with E-state index in [9.17, 15) is 9.18 Å². The second-order valence-electron chi connectivity index (χ2n) is 4.23. The molecule has 19 heavy (non-hydrogen) atoms. The molecular weight excluding hydrogens is 247 g/mol. The fourth-order valence-electron chi connectivity index (χ4n) is 1.80. The highest BCUT2D eigenvalue weighted by molar-refractivity contribution is 5.76. The first-order valence-electron chi connectivity index (χ1n) is 6.37. The van der Waals surface area contributed by atoms with Gasteiger partial charge in [-0.1, -0.05) is 6.07 Å². The first-order chi connectivity index (χ1) is 9.12. The van der Waals surface area contributed by atoms with E-state index in [1.807, 2.05) is 14.0 Å². The van der Waals surface area contributed by atoms with Crippen LogP contribution < -0.4 is 10.1 Å². The van der Waals surface area contributed by atoms with Crippen LogP contribution in [0.3, 0.4) is 0 Å². The molecule has 1 rings (SSSR count). The van der Waals surface area contributed by atoms with E-state index < -0.39 is 5.82 Å². The number of nitrogens with one attached hydrogen (secondary N) is 1. The van der Waals surface area contributed by atoms with Gasteiger partial charge in [0.2, 0.25) is 5.91 Å². The van der Waals surface area contributed by atoms with Gasteiger partial charge in [-0.15, -0.1) is 0 Å². The van der Waals surface area contributed by atoms with Crippen molar-refractivity contribution in [2.45, 2.75) is 19.9 Å². The molecule has 0 saturated heterocycles. The second kappa shape index (κ2) is 7.74. The summed E-state index contributed by atoms with van der Waals surface area (Å²) in [5, 5.41) is 2.94. The summed E-state index contributed by atoms with van der Waals surface area (Å²) in [5.41, 5.74) is 0.762. The standard InChI is InChI=1S/C14H21FN2O2/c1-4-17(14(18)7-8-16-2)10-11-5-6-13(19-3)12(15)9-11/h5-6,9,16H,4,7-8,10H2,1-3H3. The van der Waals surface area contributed by atoms with Crippen molar-refractivity contribution in [2.75, 3.05) is 27.2 Å². The minimum absolute atomic E-state index is 0.0630. The highest BCUT2D eigenvalue weighted by Gasteiger charge is 2.12. The molecule has 0 aliphatic heterocycles. The van der Waals surface area contributed by atoms with Gasteiger partial charge in [-0.2, -0.15) is 0 Å². The van der Waals surface area contributed by atoms with Crippen molar-refractivity contribution in [2.24, 2.45) is 0 Å². The van der Waals surface area contributed by atoms with E-state index >= 15 is 0 Å². The molecule has 106 valence electrons. The lowest BCUT2D eigenvalue weighted by atomic mass is 10.2. The fraction of sp³-hybridized carbons (Fsp3) is 0.500. The number of hydrogen-bond acceptors (Lipinski definition) is 3. The predicted octanol–water partition coefficient (Wildman–Crippen LogP) is 1.79. The summed E-state index contributed by atoms with van der Waals surface area (Å²) in [6.45, 7) is 3.58. The van der Waals surface area contributed by atoms with Crippen LogP contribution in [0.1, 0.15) is 18.9 Å². The third-order valence-electron chi connectivity index (χ3n) is 2.91. The zero-order chi connectivity index (χ0) is 14.3. The summed E-state index contributed by atoms with van der Waals surface area (Å²) in [6.07, 6.45) is 0.447. The Morgan fingerprint density at radius 2 is 2.21 bits per heavy atom. The molecule has 4 nitrogen and oxygen atoms in total. The van der Waals surface area contributed by atoms with Crippen molar-refractivity contribution in [1.29, 1.82) is 0 Å².